The van der Waals surface area contributed by atoms with Crippen LogP contribution in [-0.2, 0) is 11.2 Å². The number of nitrogens with one attached hydrogen (secondary N) is 1. The minimum Gasteiger partial charge on any atom is -0.507 e. The molecule has 1 aromatic heterocycles. The summed E-state index contributed by atoms with van der Waals surface area (Å²) >= 11 is 0. The summed E-state index contributed by atoms with van der Waals surface area (Å²) in [6.45, 7) is 5.41. The fourth-order valence-electron chi connectivity index (χ4n) is 5.07. The molecule has 0 aliphatic carbocycles. The average molecular weight is 540 g/mol. The number of hydrogen-bond acceptors (Lipinski definition) is 6. The van der Waals surface area contributed by atoms with Gasteiger partial charge in [0.15, 0.2) is 0 Å². The molecular weight excluding hydrogens is 502 g/mol. The molecule has 7 nitrogen and oxygen atoms in total. The summed E-state index contributed by atoms with van der Waals surface area (Å²) in [7, 11) is 2.04. The van der Waals surface area contributed by atoms with E-state index < -0.39 is 11.5 Å². The molecule has 1 heterocycles. The maximum absolute atomic E-state index is 13.5. The van der Waals surface area contributed by atoms with E-state index in [4.69, 9.17) is 4.42 Å². The van der Waals surface area contributed by atoms with Gasteiger partial charge in [0.25, 0.3) is 0 Å². The van der Waals surface area contributed by atoms with Crippen molar-refractivity contribution in [3.8, 4) is 5.75 Å². The van der Waals surface area contributed by atoms with E-state index in [2.05, 4.69) is 22.4 Å². The number of hydrogen-bond donors (Lipinski definition) is 2. The molecule has 3 aromatic carbocycles. The van der Waals surface area contributed by atoms with Crippen LogP contribution in [0.2, 0.25) is 0 Å². The second kappa shape index (κ2) is 13.7. The third-order valence-electron chi connectivity index (χ3n) is 7.19. The average Bonchev–Trinajstić information content (AvgIpc) is 2.97. The van der Waals surface area contributed by atoms with Crippen molar-refractivity contribution in [1.29, 1.82) is 0 Å². The zero-order valence-electron chi connectivity index (χ0n) is 23.3. The van der Waals surface area contributed by atoms with Crippen LogP contribution < -0.4 is 11.1 Å². The van der Waals surface area contributed by atoms with Crippen LogP contribution in [0.25, 0.3) is 11.0 Å². The molecule has 208 valence electrons. The molecule has 2 atom stereocenters. The number of carbonyl (C=O) groups is 1. The number of fused-ring (bicyclic) bond motifs is 1. The lowest BCUT2D eigenvalue weighted by Gasteiger charge is -2.31. The van der Waals surface area contributed by atoms with E-state index >= 15 is 0 Å². The minimum atomic E-state index is -0.591. The molecular formula is C33H37N3O4. The Hall–Kier alpha value is -4.23. The van der Waals surface area contributed by atoms with Crippen molar-refractivity contribution in [3.05, 3.63) is 112 Å². The molecule has 0 fully saturated rings. The Kier molecular flexibility index (Phi) is 9.86. The van der Waals surface area contributed by atoms with Gasteiger partial charge in [-0.3, -0.25) is 4.79 Å². The minimum absolute atomic E-state index is 0.0946. The molecule has 4 aromatic rings. The molecule has 0 bridgehead atoms. The summed E-state index contributed by atoms with van der Waals surface area (Å²) < 4.78 is 5.70. The summed E-state index contributed by atoms with van der Waals surface area (Å²) in [4.78, 5) is 28.4. The molecule has 0 saturated carbocycles. The van der Waals surface area contributed by atoms with Crippen molar-refractivity contribution in [2.24, 2.45) is 11.0 Å². The number of rotatable bonds is 12. The number of unbranched alkanes of at least 4 members (excludes halogenated alkanes) is 1. The monoisotopic (exact) mass is 539 g/mol. The summed E-state index contributed by atoms with van der Waals surface area (Å²) in [5.74, 6) is -1.24. The molecule has 7 heteroatoms. The largest absolute Gasteiger partial charge is 0.507 e. The van der Waals surface area contributed by atoms with Gasteiger partial charge < -0.3 is 14.4 Å². The van der Waals surface area contributed by atoms with Crippen molar-refractivity contribution in [3.63, 3.8) is 0 Å². The van der Waals surface area contributed by atoms with E-state index in [1.165, 1.54) is 0 Å². The Morgan fingerprint density at radius 1 is 1.00 bits per heavy atom. The van der Waals surface area contributed by atoms with Gasteiger partial charge in [0.1, 0.15) is 11.3 Å². The molecule has 0 unspecified atom stereocenters. The van der Waals surface area contributed by atoms with Gasteiger partial charge in [-0.15, -0.1) is 0 Å². The quantitative estimate of drug-likeness (QED) is 0.137. The van der Waals surface area contributed by atoms with Crippen LogP contribution >= 0.6 is 0 Å². The number of aromatic hydroxyl groups is 1. The highest BCUT2D eigenvalue weighted by Crippen LogP contribution is 2.39. The number of carbonyl (C=O) groups excluding carboxylic acids is 1. The fourth-order valence-corrected chi connectivity index (χ4v) is 5.07. The van der Waals surface area contributed by atoms with Crippen LogP contribution in [0.3, 0.4) is 0 Å². The van der Waals surface area contributed by atoms with E-state index in [9.17, 15) is 14.7 Å². The van der Waals surface area contributed by atoms with Crippen molar-refractivity contribution >= 4 is 22.6 Å². The molecule has 2 N–H and O–H groups in total. The number of benzene rings is 3. The first-order valence-electron chi connectivity index (χ1n) is 13.7. The third-order valence-corrected chi connectivity index (χ3v) is 7.19. The topological polar surface area (TPSA) is 95.1 Å². The van der Waals surface area contributed by atoms with Gasteiger partial charge in [-0.1, -0.05) is 86.1 Å². The molecule has 4 rings (SSSR count). The van der Waals surface area contributed by atoms with Crippen LogP contribution in [0.5, 0.6) is 5.75 Å². The first-order chi connectivity index (χ1) is 19.4. The maximum Gasteiger partial charge on any atom is 0.343 e. The summed E-state index contributed by atoms with van der Waals surface area (Å²) in [5, 5.41) is 16.5. The van der Waals surface area contributed by atoms with Gasteiger partial charge in [-0.25, -0.2) is 10.2 Å². The predicted octanol–water partition coefficient (Wildman–Crippen LogP) is 5.71. The third kappa shape index (κ3) is 7.04. The van der Waals surface area contributed by atoms with Crippen LogP contribution in [0.15, 0.2) is 99.2 Å². The van der Waals surface area contributed by atoms with Gasteiger partial charge in [0, 0.05) is 24.1 Å². The summed E-state index contributed by atoms with van der Waals surface area (Å²) in [6, 6.07) is 26.1. The second-order valence-electron chi connectivity index (χ2n) is 10.2. The van der Waals surface area contributed by atoms with Crippen molar-refractivity contribution in [2.75, 3.05) is 20.1 Å². The van der Waals surface area contributed by atoms with E-state index in [-0.39, 0.29) is 29.6 Å². The highest BCUT2D eigenvalue weighted by atomic mass is 16.4. The molecule has 0 spiro atoms. The Labute approximate surface area is 235 Å². The highest BCUT2D eigenvalue weighted by Gasteiger charge is 2.34. The Morgan fingerprint density at radius 3 is 2.35 bits per heavy atom. The van der Waals surface area contributed by atoms with Gasteiger partial charge in [-0.2, -0.15) is 5.10 Å². The second-order valence-corrected chi connectivity index (χ2v) is 10.2. The Morgan fingerprint density at radius 2 is 1.65 bits per heavy atom. The van der Waals surface area contributed by atoms with Crippen LogP contribution in [0, 0.1) is 5.92 Å². The summed E-state index contributed by atoms with van der Waals surface area (Å²) in [6.07, 6.45) is 2.28. The molecule has 0 saturated heterocycles. The molecule has 0 aliphatic rings. The van der Waals surface area contributed by atoms with Crippen molar-refractivity contribution < 1.29 is 14.3 Å². The van der Waals surface area contributed by atoms with Crippen LogP contribution in [0.4, 0.5) is 0 Å². The van der Waals surface area contributed by atoms with Gasteiger partial charge >= 0.3 is 5.63 Å². The standard InChI is InChI=1S/C33H37N3O4/c1-4-5-20-36(3)22-27(23(2)34-35-29(37)21-24-14-8-6-9-15-24)30(25-16-10-7-11-17-25)31-32(38)26-18-12-13-19-28(26)40-33(31)39/h6-19,27,30,38H,4-5,20-22H2,1-3H3,(H,35,37)/b34-23-/t27-,30-/m0/s1. The van der Waals surface area contributed by atoms with Crippen molar-refractivity contribution in [1.82, 2.24) is 10.3 Å². The lowest BCUT2D eigenvalue weighted by Crippen LogP contribution is -2.37. The first kappa shape index (κ1) is 28.8. The number of amides is 1. The van der Waals surface area contributed by atoms with Crippen LogP contribution in [0.1, 0.15) is 49.3 Å². The van der Waals surface area contributed by atoms with Gasteiger partial charge in [0.2, 0.25) is 5.91 Å². The lowest BCUT2D eigenvalue weighted by atomic mass is 9.78. The Balaban J connectivity index is 1.78. The number of hydrazone groups is 1. The molecule has 0 aliphatic heterocycles. The zero-order chi connectivity index (χ0) is 28.5. The highest BCUT2D eigenvalue weighted by molar-refractivity contribution is 5.89. The lowest BCUT2D eigenvalue weighted by molar-refractivity contribution is -0.120. The molecule has 1 amide bonds. The molecule has 40 heavy (non-hydrogen) atoms. The van der Waals surface area contributed by atoms with Crippen LogP contribution in [-0.4, -0.2) is 41.8 Å². The smallest absolute Gasteiger partial charge is 0.343 e. The SMILES string of the molecule is CCCCN(C)C[C@@H](/C(C)=N\NC(=O)Cc1ccccc1)[C@H](c1ccccc1)c1c(O)c2ccccc2oc1=O. The van der Waals surface area contributed by atoms with E-state index in [0.717, 1.165) is 30.5 Å². The van der Waals surface area contributed by atoms with Crippen molar-refractivity contribution in [2.45, 2.75) is 39.0 Å². The van der Waals surface area contributed by atoms with E-state index in [1.807, 2.05) is 74.6 Å². The number of nitrogens with zero attached hydrogens (tertiary/aromatic N) is 2. The maximum atomic E-state index is 13.5. The number of para-hydroxylation sites is 1. The van der Waals surface area contributed by atoms with Gasteiger partial charge in [-0.05, 0) is 50.2 Å². The van der Waals surface area contributed by atoms with E-state index in [1.54, 1.807) is 24.3 Å². The fraction of sp³-hybridized carbons (Fsp3) is 0.303. The molecule has 0 radical (unpaired) electrons. The predicted molar refractivity (Wildman–Crippen MR) is 160 cm³/mol. The summed E-state index contributed by atoms with van der Waals surface area (Å²) in [5.41, 5.74) is 5.02. The Bertz CT molecular complexity index is 1500. The zero-order valence-corrected chi connectivity index (χ0v) is 23.3. The normalized spacial score (nSPS) is 13.3. The van der Waals surface area contributed by atoms with Gasteiger partial charge in [0.05, 0.1) is 17.4 Å². The van der Waals surface area contributed by atoms with E-state index in [0.29, 0.717) is 23.2 Å². The first-order valence-corrected chi connectivity index (χ1v) is 13.7.